The van der Waals surface area contributed by atoms with Crippen molar-refractivity contribution in [3.8, 4) is 0 Å². The molecule has 2 rings (SSSR count). The quantitative estimate of drug-likeness (QED) is 0.537. The number of hydrogen-bond acceptors (Lipinski definition) is 1. The fourth-order valence-electron chi connectivity index (χ4n) is 1.98. The molecule has 0 aromatic carbocycles. The molecule has 62 valence electrons. The summed E-state index contributed by atoms with van der Waals surface area (Å²) in [6.07, 6.45) is 12.5. The zero-order valence-electron chi connectivity index (χ0n) is 7.10. The van der Waals surface area contributed by atoms with Crippen LogP contribution in [0.3, 0.4) is 0 Å². The molecule has 0 bridgehead atoms. The average Bonchev–Trinajstić information content (AvgIpc) is 2.47. The highest BCUT2D eigenvalue weighted by molar-refractivity contribution is 5.81. The van der Waals surface area contributed by atoms with Gasteiger partial charge >= 0.3 is 0 Å². The number of carbonyl (C=O) groups excluding carboxylic acids is 1. The molecule has 0 N–H and O–H groups in total. The van der Waals surface area contributed by atoms with Crippen LogP contribution in [0.4, 0.5) is 0 Å². The fourth-order valence-corrected chi connectivity index (χ4v) is 1.98. The van der Waals surface area contributed by atoms with Gasteiger partial charge in [0.05, 0.1) is 0 Å². The van der Waals surface area contributed by atoms with Crippen LogP contribution in [0, 0.1) is 17.8 Å². The number of Topliss-reactive ketones (excluding diaryl/α,β-unsaturated/α-hetero) is 1. The van der Waals surface area contributed by atoms with Crippen molar-refractivity contribution in [1.82, 2.24) is 0 Å². The third-order valence-corrected chi connectivity index (χ3v) is 2.65. The number of fused-ring (bicyclic) bond motifs is 1. The Kier molecular flexibility index (Phi) is 1.72. The number of carbonyl (C=O) groups is 1. The summed E-state index contributed by atoms with van der Waals surface area (Å²) in [5.74, 6) is 1.26. The van der Waals surface area contributed by atoms with E-state index in [9.17, 15) is 4.79 Å². The molecule has 0 aliphatic heterocycles. The standard InChI is InChI=1S/C11H12O/c1-8(12)10-7-6-9-4-2-3-5-11(9)10/h2-7,9-11H,1H3/t9-,10?,11-/m0/s1. The van der Waals surface area contributed by atoms with E-state index in [2.05, 4.69) is 18.2 Å². The van der Waals surface area contributed by atoms with Crippen LogP contribution < -0.4 is 0 Å². The molecule has 1 unspecified atom stereocenters. The molecule has 0 fully saturated rings. The lowest BCUT2D eigenvalue weighted by molar-refractivity contribution is -0.120. The van der Waals surface area contributed by atoms with Crippen molar-refractivity contribution in [2.24, 2.45) is 17.8 Å². The van der Waals surface area contributed by atoms with Gasteiger partial charge in [-0.15, -0.1) is 0 Å². The smallest absolute Gasteiger partial charge is 0.137 e. The van der Waals surface area contributed by atoms with Crippen LogP contribution in [-0.4, -0.2) is 5.78 Å². The maximum Gasteiger partial charge on any atom is 0.137 e. The average molecular weight is 160 g/mol. The summed E-state index contributed by atoms with van der Waals surface area (Å²) < 4.78 is 0. The summed E-state index contributed by atoms with van der Waals surface area (Å²) >= 11 is 0. The largest absolute Gasteiger partial charge is 0.299 e. The molecule has 1 heteroatoms. The highest BCUT2D eigenvalue weighted by atomic mass is 16.1. The Morgan fingerprint density at radius 3 is 2.58 bits per heavy atom. The van der Waals surface area contributed by atoms with Gasteiger partial charge < -0.3 is 0 Å². The molecular weight excluding hydrogens is 148 g/mol. The van der Waals surface area contributed by atoms with E-state index >= 15 is 0 Å². The highest BCUT2D eigenvalue weighted by Crippen LogP contribution is 2.35. The first-order valence-electron chi connectivity index (χ1n) is 4.33. The Labute approximate surface area is 72.5 Å². The van der Waals surface area contributed by atoms with Crippen LogP contribution in [0.5, 0.6) is 0 Å². The Morgan fingerprint density at radius 1 is 1.08 bits per heavy atom. The van der Waals surface area contributed by atoms with E-state index in [-0.39, 0.29) is 11.7 Å². The second-order valence-electron chi connectivity index (χ2n) is 3.45. The maximum absolute atomic E-state index is 11.2. The molecule has 2 aliphatic rings. The molecule has 0 saturated carbocycles. The van der Waals surface area contributed by atoms with Gasteiger partial charge in [0.25, 0.3) is 0 Å². The maximum atomic E-state index is 11.2. The van der Waals surface area contributed by atoms with E-state index < -0.39 is 0 Å². The van der Waals surface area contributed by atoms with Gasteiger partial charge in [-0.05, 0) is 12.8 Å². The van der Waals surface area contributed by atoms with Crippen LogP contribution in [0.25, 0.3) is 0 Å². The lowest BCUT2D eigenvalue weighted by Gasteiger charge is -2.19. The summed E-state index contributed by atoms with van der Waals surface area (Å²) in [7, 11) is 0. The van der Waals surface area contributed by atoms with E-state index in [1.165, 1.54) is 0 Å². The van der Waals surface area contributed by atoms with Gasteiger partial charge in [-0.25, -0.2) is 0 Å². The Morgan fingerprint density at radius 2 is 1.83 bits per heavy atom. The van der Waals surface area contributed by atoms with Gasteiger partial charge in [0, 0.05) is 11.8 Å². The zero-order chi connectivity index (χ0) is 8.55. The minimum atomic E-state index is 0.121. The van der Waals surface area contributed by atoms with Crippen molar-refractivity contribution in [1.29, 1.82) is 0 Å². The summed E-state index contributed by atoms with van der Waals surface area (Å²) in [5.41, 5.74) is 0. The van der Waals surface area contributed by atoms with E-state index in [1.54, 1.807) is 6.92 Å². The Hall–Kier alpha value is -1.11. The van der Waals surface area contributed by atoms with Crippen molar-refractivity contribution in [2.45, 2.75) is 6.92 Å². The molecule has 0 saturated heterocycles. The summed E-state index contributed by atoms with van der Waals surface area (Å²) in [6, 6.07) is 0. The van der Waals surface area contributed by atoms with Gasteiger partial charge in [0.2, 0.25) is 0 Å². The first kappa shape index (κ1) is 7.53. The Bertz CT molecular complexity index is 283. The lowest BCUT2D eigenvalue weighted by Crippen LogP contribution is -2.19. The normalized spacial score (nSPS) is 36.9. The first-order valence-corrected chi connectivity index (χ1v) is 4.33. The van der Waals surface area contributed by atoms with Crippen molar-refractivity contribution in [2.75, 3.05) is 0 Å². The summed E-state index contributed by atoms with van der Waals surface area (Å²) in [6.45, 7) is 1.67. The minimum Gasteiger partial charge on any atom is -0.299 e. The predicted molar refractivity (Wildman–Crippen MR) is 48.6 cm³/mol. The third-order valence-electron chi connectivity index (χ3n) is 2.65. The number of allylic oxidation sites excluding steroid dienone is 6. The summed E-state index contributed by atoms with van der Waals surface area (Å²) in [4.78, 5) is 11.2. The third kappa shape index (κ3) is 1.06. The van der Waals surface area contributed by atoms with E-state index in [1.807, 2.05) is 18.2 Å². The minimum absolute atomic E-state index is 0.121. The van der Waals surface area contributed by atoms with Crippen LogP contribution in [0.2, 0.25) is 0 Å². The van der Waals surface area contributed by atoms with Crippen molar-refractivity contribution in [3.05, 3.63) is 36.5 Å². The summed E-state index contributed by atoms with van der Waals surface area (Å²) in [5, 5.41) is 0. The highest BCUT2D eigenvalue weighted by Gasteiger charge is 2.31. The molecule has 0 aromatic rings. The van der Waals surface area contributed by atoms with Crippen molar-refractivity contribution >= 4 is 5.78 Å². The fraction of sp³-hybridized carbons (Fsp3) is 0.364. The first-order chi connectivity index (χ1) is 5.79. The van der Waals surface area contributed by atoms with Gasteiger partial charge in [-0.3, -0.25) is 4.79 Å². The lowest BCUT2D eigenvalue weighted by atomic mass is 9.83. The molecule has 0 aromatic heterocycles. The molecule has 3 atom stereocenters. The van der Waals surface area contributed by atoms with Gasteiger partial charge in [0.15, 0.2) is 0 Å². The number of hydrogen-bond donors (Lipinski definition) is 0. The number of rotatable bonds is 1. The molecule has 0 heterocycles. The predicted octanol–water partition coefficient (Wildman–Crippen LogP) is 2.12. The molecule has 0 amide bonds. The molecular formula is C11H12O. The van der Waals surface area contributed by atoms with Gasteiger partial charge in [-0.1, -0.05) is 36.5 Å². The second-order valence-corrected chi connectivity index (χ2v) is 3.45. The zero-order valence-corrected chi connectivity index (χ0v) is 7.10. The van der Waals surface area contributed by atoms with Gasteiger partial charge in [0.1, 0.15) is 5.78 Å². The monoisotopic (exact) mass is 160 g/mol. The molecule has 12 heavy (non-hydrogen) atoms. The van der Waals surface area contributed by atoms with Crippen LogP contribution in [0.15, 0.2) is 36.5 Å². The van der Waals surface area contributed by atoms with Crippen molar-refractivity contribution in [3.63, 3.8) is 0 Å². The van der Waals surface area contributed by atoms with Crippen LogP contribution in [-0.2, 0) is 4.79 Å². The van der Waals surface area contributed by atoms with E-state index in [4.69, 9.17) is 0 Å². The van der Waals surface area contributed by atoms with Gasteiger partial charge in [-0.2, -0.15) is 0 Å². The molecule has 1 nitrogen and oxygen atoms in total. The topological polar surface area (TPSA) is 17.1 Å². The number of ketones is 1. The molecule has 0 spiro atoms. The second kappa shape index (κ2) is 2.74. The van der Waals surface area contributed by atoms with Crippen molar-refractivity contribution < 1.29 is 4.79 Å². The van der Waals surface area contributed by atoms with Crippen LogP contribution >= 0.6 is 0 Å². The SMILES string of the molecule is CC(=O)C1C=C[C@@H]2C=CC=C[C@H]12. The molecule has 0 radical (unpaired) electrons. The van der Waals surface area contributed by atoms with Crippen LogP contribution in [0.1, 0.15) is 6.92 Å². The molecule has 2 aliphatic carbocycles. The van der Waals surface area contributed by atoms with E-state index in [0.29, 0.717) is 11.8 Å². The Balaban J connectivity index is 2.24. The van der Waals surface area contributed by atoms with E-state index in [0.717, 1.165) is 0 Å².